The zero-order valence-corrected chi connectivity index (χ0v) is 7.07. The summed E-state index contributed by atoms with van der Waals surface area (Å²) in [6, 6.07) is 0. The molecule has 13 heavy (non-hydrogen) atoms. The van der Waals surface area contributed by atoms with Gasteiger partial charge in [0, 0.05) is 6.61 Å². The van der Waals surface area contributed by atoms with E-state index in [1.165, 1.54) is 0 Å². The molecule has 0 rings (SSSR count). The van der Waals surface area contributed by atoms with Gasteiger partial charge in [0.05, 0.1) is 19.9 Å². The Morgan fingerprint density at radius 1 is 0.923 bits per heavy atom. The Morgan fingerprint density at radius 3 is 2.08 bits per heavy atom. The molecule has 0 heterocycles. The van der Waals surface area contributed by atoms with Crippen molar-refractivity contribution < 1.29 is 27.0 Å². The standard InChI is InChI=1S/C7H12F4O2/c8-2-1-3-12-4-5-13-6-7(9,10)11/h1-6H2. The fourth-order valence-corrected chi connectivity index (χ4v) is 0.564. The van der Waals surface area contributed by atoms with E-state index in [4.69, 9.17) is 4.74 Å². The van der Waals surface area contributed by atoms with Crippen LogP contribution in [-0.4, -0.2) is 39.3 Å². The van der Waals surface area contributed by atoms with E-state index in [0.717, 1.165) is 0 Å². The quantitative estimate of drug-likeness (QED) is 0.466. The molecule has 80 valence electrons. The second kappa shape index (κ2) is 7.08. The van der Waals surface area contributed by atoms with Crippen molar-refractivity contribution in [2.24, 2.45) is 0 Å². The predicted octanol–water partition coefficient (Wildman–Crippen LogP) is 1.94. The highest BCUT2D eigenvalue weighted by Crippen LogP contribution is 2.13. The number of halogens is 4. The van der Waals surface area contributed by atoms with Crippen LogP contribution in [0.1, 0.15) is 6.42 Å². The molecule has 0 aliphatic heterocycles. The fourth-order valence-electron chi connectivity index (χ4n) is 0.564. The minimum atomic E-state index is -4.29. The summed E-state index contributed by atoms with van der Waals surface area (Å²) in [5.41, 5.74) is 0. The maximum Gasteiger partial charge on any atom is 0.411 e. The Kier molecular flexibility index (Phi) is 6.89. The highest BCUT2D eigenvalue weighted by molar-refractivity contribution is 4.45. The summed E-state index contributed by atoms with van der Waals surface area (Å²) in [4.78, 5) is 0. The molecule has 0 aromatic rings. The highest BCUT2D eigenvalue weighted by atomic mass is 19.4. The largest absolute Gasteiger partial charge is 0.411 e. The SMILES string of the molecule is FCCCOCCOCC(F)(F)F. The zero-order chi connectivity index (χ0) is 10.2. The van der Waals surface area contributed by atoms with Crippen molar-refractivity contribution in [3.8, 4) is 0 Å². The van der Waals surface area contributed by atoms with E-state index in [2.05, 4.69) is 4.74 Å². The van der Waals surface area contributed by atoms with Crippen molar-refractivity contribution in [3.63, 3.8) is 0 Å². The third-order valence-electron chi connectivity index (χ3n) is 1.06. The highest BCUT2D eigenvalue weighted by Gasteiger charge is 2.27. The molecule has 0 aliphatic carbocycles. The number of rotatable bonds is 7. The zero-order valence-electron chi connectivity index (χ0n) is 7.07. The van der Waals surface area contributed by atoms with E-state index in [-0.39, 0.29) is 26.2 Å². The lowest BCUT2D eigenvalue weighted by atomic mass is 10.5. The van der Waals surface area contributed by atoms with Crippen molar-refractivity contribution in [1.82, 2.24) is 0 Å². The summed E-state index contributed by atoms with van der Waals surface area (Å²) in [7, 11) is 0. The number of hydrogen-bond donors (Lipinski definition) is 0. The van der Waals surface area contributed by atoms with Crippen molar-refractivity contribution in [2.45, 2.75) is 12.6 Å². The van der Waals surface area contributed by atoms with E-state index in [1.54, 1.807) is 0 Å². The van der Waals surface area contributed by atoms with Crippen LogP contribution < -0.4 is 0 Å². The molecule has 0 fully saturated rings. The van der Waals surface area contributed by atoms with Crippen LogP contribution in [0.5, 0.6) is 0 Å². The molecule has 0 saturated carbocycles. The van der Waals surface area contributed by atoms with E-state index < -0.39 is 19.5 Å². The van der Waals surface area contributed by atoms with E-state index >= 15 is 0 Å². The predicted molar refractivity (Wildman–Crippen MR) is 38.3 cm³/mol. The van der Waals surface area contributed by atoms with Crippen LogP contribution in [0.3, 0.4) is 0 Å². The molecular weight excluding hydrogens is 192 g/mol. The van der Waals surface area contributed by atoms with Crippen LogP contribution in [0.4, 0.5) is 17.6 Å². The minimum absolute atomic E-state index is 0.0656. The Hall–Kier alpha value is -0.360. The van der Waals surface area contributed by atoms with Crippen LogP contribution in [0, 0.1) is 0 Å². The van der Waals surface area contributed by atoms with Crippen molar-refractivity contribution in [1.29, 1.82) is 0 Å². The molecule has 0 atom stereocenters. The lowest BCUT2D eigenvalue weighted by molar-refractivity contribution is -0.176. The monoisotopic (exact) mass is 204 g/mol. The maximum atomic E-state index is 11.5. The lowest BCUT2D eigenvalue weighted by Crippen LogP contribution is -2.19. The van der Waals surface area contributed by atoms with Gasteiger partial charge in [-0.2, -0.15) is 13.2 Å². The normalized spacial score (nSPS) is 12.0. The number of ether oxygens (including phenoxy) is 2. The van der Waals surface area contributed by atoms with E-state index in [1.807, 2.05) is 0 Å². The van der Waals surface area contributed by atoms with Gasteiger partial charge < -0.3 is 9.47 Å². The molecule has 0 bridgehead atoms. The summed E-state index contributed by atoms with van der Waals surface area (Å²) in [6.45, 7) is -1.59. The summed E-state index contributed by atoms with van der Waals surface area (Å²) >= 11 is 0. The molecule has 0 saturated heterocycles. The molecular formula is C7H12F4O2. The van der Waals surface area contributed by atoms with Gasteiger partial charge in [-0.25, -0.2) is 0 Å². The van der Waals surface area contributed by atoms with Crippen LogP contribution >= 0.6 is 0 Å². The van der Waals surface area contributed by atoms with Crippen LogP contribution in [0.2, 0.25) is 0 Å². The third-order valence-corrected chi connectivity index (χ3v) is 1.06. The first-order valence-corrected chi connectivity index (χ1v) is 3.84. The molecule has 0 aliphatic rings. The first-order chi connectivity index (χ1) is 6.06. The first kappa shape index (κ1) is 12.6. The van der Waals surface area contributed by atoms with Gasteiger partial charge in [-0.15, -0.1) is 0 Å². The van der Waals surface area contributed by atoms with E-state index in [9.17, 15) is 17.6 Å². The van der Waals surface area contributed by atoms with Crippen LogP contribution in [0.25, 0.3) is 0 Å². The molecule has 6 heteroatoms. The van der Waals surface area contributed by atoms with Crippen molar-refractivity contribution >= 4 is 0 Å². The summed E-state index contributed by atoms with van der Waals surface area (Å²) in [5.74, 6) is 0. The van der Waals surface area contributed by atoms with Gasteiger partial charge in [-0.1, -0.05) is 0 Å². The first-order valence-electron chi connectivity index (χ1n) is 3.84. The van der Waals surface area contributed by atoms with Gasteiger partial charge in [-0.05, 0) is 6.42 Å². The molecule has 0 amide bonds. The average Bonchev–Trinajstić information content (AvgIpc) is 2.01. The molecule has 0 radical (unpaired) electrons. The number of alkyl halides is 4. The second-order valence-electron chi connectivity index (χ2n) is 2.32. The third kappa shape index (κ3) is 11.6. The lowest BCUT2D eigenvalue weighted by Gasteiger charge is -2.07. The Bertz CT molecular complexity index is 116. The average molecular weight is 204 g/mol. The Balaban J connectivity index is 3.00. The van der Waals surface area contributed by atoms with Gasteiger partial charge in [0.2, 0.25) is 0 Å². The van der Waals surface area contributed by atoms with Gasteiger partial charge in [0.25, 0.3) is 0 Å². The van der Waals surface area contributed by atoms with Crippen molar-refractivity contribution in [3.05, 3.63) is 0 Å². The Labute approximate surface area is 73.8 Å². The molecule has 0 aromatic heterocycles. The minimum Gasteiger partial charge on any atom is -0.379 e. The smallest absolute Gasteiger partial charge is 0.379 e. The van der Waals surface area contributed by atoms with Crippen LogP contribution in [0.15, 0.2) is 0 Å². The second-order valence-corrected chi connectivity index (χ2v) is 2.32. The summed E-state index contributed by atoms with van der Waals surface area (Å²) < 4.78 is 54.9. The van der Waals surface area contributed by atoms with Crippen molar-refractivity contribution in [2.75, 3.05) is 33.1 Å². The molecule has 0 unspecified atom stereocenters. The van der Waals surface area contributed by atoms with E-state index in [0.29, 0.717) is 0 Å². The topological polar surface area (TPSA) is 18.5 Å². The van der Waals surface area contributed by atoms with Crippen LogP contribution in [-0.2, 0) is 9.47 Å². The van der Waals surface area contributed by atoms with Gasteiger partial charge in [-0.3, -0.25) is 4.39 Å². The summed E-state index contributed by atoms with van der Waals surface area (Å²) in [6.07, 6.45) is -4.03. The maximum absolute atomic E-state index is 11.5. The van der Waals surface area contributed by atoms with Gasteiger partial charge >= 0.3 is 6.18 Å². The van der Waals surface area contributed by atoms with Gasteiger partial charge in [0.15, 0.2) is 0 Å². The van der Waals surface area contributed by atoms with Gasteiger partial charge in [0.1, 0.15) is 6.61 Å². The molecule has 0 spiro atoms. The molecule has 2 nitrogen and oxygen atoms in total. The Morgan fingerprint density at radius 2 is 1.54 bits per heavy atom. The molecule has 0 aromatic carbocycles. The number of hydrogen-bond acceptors (Lipinski definition) is 2. The molecule has 0 N–H and O–H groups in total. The summed E-state index contributed by atoms with van der Waals surface area (Å²) in [5, 5.41) is 0. The fraction of sp³-hybridized carbons (Fsp3) is 1.00.